The topological polar surface area (TPSA) is 121 Å². The summed E-state index contributed by atoms with van der Waals surface area (Å²) in [5.74, 6) is -2.34. The molecule has 0 amide bonds. The summed E-state index contributed by atoms with van der Waals surface area (Å²) in [5.41, 5.74) is 0.225. The van der Waals surface area contributed by atoms with Gasteiger partial charge in [0.1, 0.15) is 0 Å². The van der Waals surface area contributed by atoms with E-state index < -0.39 is 11.9 Å². The Kier molecular flexibility index (Phi) is 17.6. The van der Waals surface area contributed by atoms with E-state index in [1.807, 2.05) is 0 Å². The van der Waals surface area contributed by atoms with Gasteiger partial charge in [-0.05, 0) is 13.8 Å². The Bertz CT molecular complexity index is 371. The minimum atomic E-state index is -1.04. The van der Waals surface area contributed by atoms with Crippen molar-refractivity contribution in [3.63, 3.8) is 0 Å². The fourth-order valence-electron chi connectivity index (χ4n) is 0.443. The molecule has 0 aromatic rings. The molecule has 0 aliphatic rings. The van der Waals surface area contributed by atoms with Crippen molar-refractivity contribution in [1.29, 1.82) is 0 Å². The molecule has 0 saturated heterocycles. The van der Waals surface area contributed by atoms with E-state index in [1.54, 1.807) is 6.92 Å². The van der Waals surface area contributed by atoms with Crippen LogP contribution in [0.2, 0.25) is 0 Å². The molecule has 0 fully saturated rings. The minimum Gasteiger partial charge on any atom is -0.478 e. The summed E-state index contributed by atoms with van der Waals surface area (Å²) in [5, 5.41) is 24.2. The van der Waals surface area contributed by atoms with Gasteiger partial charge in [-0.1, -0.05) is 19.7 Å². The van der Waals surface area contributed by atoms with Gasteiger partial charge >= 0.3 is 17.9 Å². The summed E-state index contributed by atoms with van der Waals surface area (Å²) in [4.78, 5) is 29.5. The van der Waals surface area contributed by atoms with Gasteiger partial charge in [0.05, 0.1) is 6.61 Å². The first-order chi connectivity index (χ1) is 9.63. The van der Waals surface area contributed by atoms with E-state index in [0.717, 1.165) is 6.08 Å². The zero-order chi connectivity index (χ0) is 17.4. The Labute approximate surface area is 123 Å². The predicted octanol–water partition coefficient (Wildman–Crippen LogP) is 1.39. The Balaban J connectivity index is -0.000000234. The molecule has 0 aromatic carbocycles. The van der Waals surface area contributed by atoms with Crippen molar-refractivity contribution < 1.29 is 34.4 Å². The maximum Gasteiger partial charge on any atom is 0.331 e. The summed E-state index contributed by atoms with van der Waals surface area (Å²) in [7, 11) is 0. The maximum atomic E-state index is 10.1. The lowest BCUT2D eigenvalue weighted by molar-refractivity contribution is -0.137. The number of rotatable bonds is 6. The summed E-state index contributed by atoms with van der Waals surface area (Å²) in [6, 6.07) is 0. The van der Waals surface area contributed by atoms with Crippen LogP contribution < -0.4 is 0 Å². The highest BCUT2D eigenvalue weighted by Crippen LogP contribution is 1.94. The van der Waals surface area contributed by atoms with Crippen LogP contribution in [0.4, 0.5) is 0 Å². The molecule has 0 aliphatic heterocycles. The van der Waals surface area contributed by atoms with Crippen molar-refractivity contribution in [3.05, 3.63) is 37.0 Å². The van der Waals surface area contributed by atoms with Crippen molar-refractivity contribution in [2.24, 2.45) is 0 Å². The lowest BCUT2D eigenvalue weighted by atomic mass is 10.2. The Morgan fingerprint density at radius 3 is 1.67 bits per heavy atom. The molecule has 7 nitrogen and oxygen atoms in total. The average Bonchev–Trinajstić information content (AvgIpc) is 2.40. The SMILES string of the molecule is C=C(C)C(=O)O.C=C(CCO)C(=O)O.C=CC(=O)OCC. The number of hydrogen-bond donors (Lipinski definition) is 3. The van der Waals surface area contributed by atoms with Gasteiger partial charge in [-0.3, -0.25) is 0 Å². The normalized spacial score (nSPS) is 7.95. The first kappa shape index (κ1) is 23.7. The van der Waals surface area contributed by atoms with Gasteiger partial charge in [-0.15, -0.1) is 0 Å². The average molecular weight is 302 g/mol. The monoisotopic (exact) mass is 302 g/mol. The fraction of sp³-hybridized carbons (Fsp3) is 0.357. The molecule has 7 heteroatoms. The lowest BCUT2D eigenvalue weighted by Gasteiger charge is -1.91. The summed E-state index contributed by atoms with van der Waals surface area (Å²) >= 11 is 0. The van der Waals surface area contributed by atoms with Crippen molar-refractivity contribution in [1.82, 2.24) is 0 Å². The predicted molar refractivity (Wildman–Crippen MR) is 77.8 cm³/mol. The Morgan fingerprint density at radius 1 is 1.14 bits per heavy atom. The smallest absolute Gasteiger partial charge is 0.331 e. The van der Waals surface area contributed by atoms with Crippen molar-refractivity contribution >= 4 is 17.9 Å². The minimum absolute atomic E-state index is 0.0486. The van der Waals surface area contributed by atoms with Crippen molar-refractivity contribution in [2.75, 3.05) is 13.2 Å². The molecule has 0 heterocycles. The van der Waals surface area contributed by atoms with E-state index in [1.165, 1.54) is 6.92 Å². The highest BCUT2D eigenvalue weighted by molar-refractivity contribution is 5.85. The number of aliphatic carboxylic acids is 2. The number of carboxylic acid groups (broad SMARTS) is 2. The van der Waals surface area contributed by atoms with Crippen LogP contribution in [0.15, 0.2) is 37.0 Å². The van der Waals surface area contributed by atoms with Crippen LogP contribution in [0.3, 0.4) is 0 Å². The zero-order valence-corrected chi connectivity index (χ0v) is 12.3. The van der Waals surface area contributed by atoms with Gasteiger partial charge in [0, 0.05) is 30.2 Å². The van der Waals surface area contributed by atoms with Crippen molar-refractivity contribution in [2.45, 2.75) is 20.3 Å². The first-order valence-corrected chi connectivity index (χ1v) is 5.83. The summed E-state index contributed by atoms with van der Waals surface area (Å²) < 4.78 is 4.43. The Hall–Kier alpha value is -2.41. The van der Waals surface area contributed by atoms with Crippen LogP contribution in [0.1, 0.15) is 20.3 Å². The van der Waals surface area contributed by atoms with E-state index >= 15 is 0 Å². The molecule has 0 aliphatic carbocycles. The molecule has 3 N–H and O–H groups in total. The maximum absolute atomic E-state index is 10.1. The Morgan fingerprint density at radius 2 is 1.57 bits per heavy atom. The highest BCUT2D eigenvalue weighted by Gasteiger charge is 2.00. The van der Waals surface area contributed by atoms with Gasteiger partial charge in [-0.2, -0.15) is 0 Å². The molecule has 0 bridgehead atoms. The quantitative estimate of drug-likeness (QED) is 0.500. The molecule has 120 valence electrons. The molecular formula is C14H22O7. The number of carboxylic acids is 2. The molecule has 0 spiro atoms. The number of aliphatic hydroxyl groups excluding tert-OH is 1. The molecular weight excluding hydrogens is 280 g/mol. The number of ether oxygens (including phenoxy) is 1. The fourth-order valence-corrected chi connectivity index (χ4v) is 0.443. The van der Waals surface area contributed by atoms with Crippen LogP contribution in [0.5, 0.6) is 0 Å². The van der Waals surface area contributed by atoms with E-state index in [9.17, 15) is 14.4 Å². The lowest BCUT2D eigenvalue weighted by Crippen LogP contribution is -2.00. The molecule has 0 radical (unpaired) electrons. The number of carbonyl (C=O) groups excluding carboxylic acids is 1. The van der Waals surface area contributed by atoms with Crippen LogP contribution in [0, 0.1) is 0 Å². The van der Waals surface area contributed by atoms with E-state index in [-0.39, 0.29) is 30.1 Å². The van der Waals surface area contributed by atoms with Gasteiger partial charge in [0.2, 0.25) is 0 Å². The number of aliphatic hydroxyl groups is 1. The number of carbonyl (C=O) groups is 3. The van der Waals surface area contributed by atoms with Gasteiger partial charge in [0.15, 0.2) is 0 Å². The van der Waals surface area contributed by atoms with Crippen LogP contribution in [0.25, 0.3) is 0 Å². The first-order valence-electron chi connectivity index (χ1n) is 5.83. The van der Waals surface area contributed by atoms with Gasteiger partial charge in [0.25, 0.3) is 0 Å². The second kappa shape index (κ2) is 15.6. The van der Waals surface area contributed by atoms with E-state index in [0.29, 0.717) is 6.61 Å². The standard InChI is InChI=1S/C5H8O3.C5H8O2.C4H6O2/c1-4(2-3-6)5(7)8;1-3-5(6)7-4-2;1-3(2)4(5)6/h6H,1-3H2,(H,7,8);3H,1,4H2,2H3;1H2,2H3,(H,5,6). The summed E-state index contributed by atoms with van der Waals surface area (Å²) in [6.45, 7) is 13.0. The number of esters is 1. The molecule has 0 saturated carbocycles. The van der Waals surface area contributed by atoms with Crippen LogP contribution in [-0.4, -0.2) is 46.4 Å². The second-order valence-corrected chi connectivity index (χ2v) is 3.42. The third-order valence-electron chi connectivity index (χ3n) is 1.53. The molecule has 0 unspecified atom stereocenters. The largest absolute Gasteiger partial charge is 0.478 e. The van der Waals surface area contributed by atoms with E-state index in [4.69, 9.17) is 15.3 Å². The van der Waals surface area contributed by atoms with Gasteiger partial charge < -0.3 is 20.1 Å². The van der Waals surface area contributed by atoms with Crippen molar-refractivity contribution in [3.8, 4) is 0 Å². The molecule has 0 atom stereocenters. The number of hydrogen-bond acceptors (Lipinski definition) is 5. The van der Waals surface area contributed by atoms with Gasteiger partial charge in [-0.25, -0.2) is 14.4 Å². The molecule has 0 rings (SSSR count). The third-order valence-corrected chi connectivity index (χ3v) is 1.53. The third kappa shape index (κ3) is 23.1. The molecule has 0 aromatic heterocycles. The molecule has 21 heavy (non-hydrogen) atoms. The summed E-state index contributed by atoms with van der Waals surface area (Å²) in [6.07, 6.45) is 1.29. The second-order valence-electron chi connectivity index (χ2n) is 3.42. The van der Waals surface area contributed by atoms with E-state index in [2.05, 4.69) is 24.5 Å². The van der Waals surface area contributed by atoms with Crippen LogP contribution >= 0.6 is 0 Å². The van der Waals surface area contributed by atoms with Crippen LogP contribution in [-0.2, 0) is 19.1 Å². The highest BCUT2D eigenvalue weighted by atomic mass is 16.5. The zero-order valence-electron chi connectivity index (χ0n) is 12.3.